The molecule has 0 saturated carbocycles. The van der Waals surface area contributed by atoms with E-state index in [0.29, 0.717) is 13.1 Å². The summed E-state index contributed by atoms with van der Waals surface area (Å²) < 4.78 is 28.0. The van der Waals surface area contributed by atoms with E-state index in [1.165, 1.54) is 0 Å². The van der Waals surface area contributed by atoms with E-state index in [0.717, 1.165) is 36.8 Å². The molecule has 0 aliphatic carbocycles. The Labute approximate surface area is 220 Å². The highest BCUT2D eigenvalue weighted by molar-refractivity contribution is 7.90. The van der Waals surface area contributed by atoms with Crippen LogP contribution >= 0.6 is 0 Å². The van der Waals surface area contributed by atoms with Gasteiger partial charge in [-0.25, -0.2) is 0 Å². The van der Waals surface area contributed by atoms with Gasteiger partial charge < -0.3 is 10.6 Å². The van der Waals surface area contributed by atoms with Gasteiger partial charge in [0.25, 0.3) is 10.0 Å². The van der Waals surface area contributed by atoms with Gasteiger partial charge in [-0.2, -0.15) is 13.4 Å². The van der Waals surface area contributed by atoms with Gasteiger partial charge in [-0.05, 0) is 44.8 Å². The third kappa shape index (κ3) is 4.57. The molecule has 5 aromatic carbocycles. The standard InChI is InChI=1S/C30H25N5O2S/c36-38(37,26-16-2-1-3-17-26)35-30(32-21-25-15-9-13-23-11-5-7-19-28(23)25)33-29(34-35)31-20-24-14-8-12-22-10-4-6-18-27(22)24/h1-19H,20-21H2,(H2,31,32,33,34). The molecule has 0 unspecified atom stereocenters. The van der Waals surface area contributed by atoms with Crippen molar-refractivity contribution < 1.29 is 8.42 Å². The van der Waals surface area contributed by atoms with Crippen LogP contribution in [-0.2, 0) is 23.1 Å². The van der Waals surface area contributed by atoms with Gasteiger partial charge >= 0.3 is 0 Å². The molecule has 1 heterocycles. The summed E-state index contributed by atoms with van der Waals surface area (Å²) in [6.07, 6.45) is 0. The first-order valence-electron chi connectivity index (χ1n) is 12.3. The van der Waals surface area contributed by atoms with Gasteiger partial charge in [0, 0.05) is 13.1 Å². The maximum Gasteiger partial charge on any atom is 0.286 e. The number of hydrogen-bond donors (Lipinski definition) is 2. The first-order valence-corrected chi connectivity index (χ1v) is 13.7. The Morgan fingerprint density at radius 1 is 0.605 bits per heavy atom. The van der Waals surface area contributed by atoms with E-state index >= 15 is 0 Å². The Morgan fingerprint density at radius 2 is 1.13 bits per heavy atom. The maximum atomic E-state index is 13.5. The van der Waals surface area contributed by atoms with Crippen molar-refractivity contribution in [2.75, 3.05) is 10.6 Å². The maximum absolute atomic E-state index is 13.5. The fourth-order valence-electron chi connectivity index (χ4n) is 4.58. The van der Waals surface area contributed by atoms with Crippen LogP contribution in [0.3, 0.4) is 0 Å². The topological polar surface area (TPSA) is 88.9 Å². The lowest BCUT2D eigenvalue weighted by Crippen LogP contribution is -2.18. The van der Waals surface area contributed by atoms with Crippen molar-refractivity contribution in [1.82, 2.24) is 14.2 Å². The summed E-state index contributed by atoms with van der Waals surface area (Å²) in [5.41, 5.74) is 2.09. The van der Waals surface area contributed by atoms with Crippen LogP contribution in [0.1, 0.15) is 11.1 Å². The molecule has 0 aliphatic rings. The quantitative estimate of drug-likeness (QED) is 0.255. The molecule has 6 aromatic rings. The molecule has 0 atom stereocenters. The Morgan fingerprint density at radius 3 is 1.76 bits per heavy atom. The zero-order valence-electron chi connectivity index (χ0n) is 20.5. The molecule has 38 heavy (non-hydrogen) atoms. The number of rotatable bonds is 8. The molecule has 7 nitrogen and oxygen atoms in total. The predicted octanol–water partition coefficient (Wildman–Crippen LogP) is 6.05. The van der Waals surface area contributed by atoms with Crippen molar-refractivity contribution in [3.63, 3.8) is 0 Å². The van der Waals surface area contributed by atoms with Gasteiger partial charge in [-0.3, -0.25) is 0 Å². The van der Waals surface area contributed by atoms with Crippen LogP contribution in [0.5, 0.6) is 0 Å². The average Bonchev–Trinajstić information content (AvgIpc) is 3.39. The van der Waals surface area contributed by atoms with Crippen LogP contribution in [0, 0.1) is 0 Å². The minimum absolute atomic E-state index is 0.138. The van der Waals surface area contributed by atoms with E-state index in [-0.39, 0.29) is 16.8 Å². The van der Waals surface area contributed by atoms with Crippen LogP contribution in [-0.4, -0.2) is 22.6 Å². The summed E-state index contributed by atoms with van der Waals surface area (Å²) in [6, 6.07) is 36.6. The van der Waals surface area contributed by atoms with E-state index in [1.807, 2.05) is 48.5 Å². The van der Waals surface area contributed by atoms with Crippen molar-refractivity contribution >= 4 is 43.5 Å². The molecule has 8 heteroatoms. The fourth-order valence-corrected chi connectivity index (χ4v) is 5.80. The predicted molar refractivity (Wildman–Crippen MR) is 152 cm³/mol. The van der Waals surface area contributed by atoms with Crippen molar-refractivity contribution in [2.24, 2.45) is 0 Å². The van der Waals surface area contributed by atoms with Crippen LogP contribution < -0.4 is 10.6 Å². The first-order chi connectivity index (χ1) is 18.6. The van der Waals surface area contributed by atoms with Gasteiger partial charge in [-0.15, -0.1) is 9.19 Å². The normalized spacial score (nSPS) is 11.6. The summed E-state index contributed by atoms with van der Waals surface area (Å²) in [5.74, 6) is 0.361. The van der Waals surface area contributed by atoms with E-state index in [4.69, 9.17) is 0 Å². The van der Waals surface area contributed by atoms with Crippen LogP contribution in [0.2, 0.25) is 0 Å². The van der Waals surface area contributed by atoms with Gasteiger partial charge in [0.15, 0.2) is 0 Å². The van der Waals surface area contributed by atoms with Crippen molar-refractivity contribution in [3.05, 3.63) is 126 Å². The summed E-state index contributed by atoms with van der Waals surface area (Å²) in [6.45, 7) is 0.826. The third-order valence-corrected chi connectivity index (χ3v) is 8.06. The molecule has 0 saturated heterocycles. The molecular weight excluding hydrogens is 494 g/mol. The largest absolute Gasteiger partial charge is 0.349 e. The van der Waals surface area contributed by atoms with Gasteiger partial charge in [0.05, 0.1) is 4.90 Å². The monoisotopic (exact) mass is 519 g/mol. The number of nitrogens with one attached hydrogen (secondary N) is 2. The molecule has 188 valence electrons. The van der Waals surface area contributed by atoms with Crippen molar-refractivity contribution in [2.45, 2.75) is 18.0 Å². The molecular formula is C30H25N5O2S. The zero-order chi connectivity index (χ0) is 26.0. The number of nitrogens with zero attached hydrogens (tertiary/aromatic N) is 3. The van der Waals surface area contributed by atoms with E-state index in [1.54, 1.807) is 30.3 Å². The molecule has 1 aromatic heterocycles. The minimum Gasteiger partial charge on any atom is -0.349 e. The lowest BCUT2D eigenvalue weighted by Gasteiger charge is -2.10. The highest BCUT2D eigenvalue weighted by Crippen LogP contribution is 2.24. The smallest absolute Gasteiger partial charge is 0.286 e. The van der Waals surface area contributed by atoms with E-state index in [2.05, 4.69) is 57.1 Å². The number of hydrogen-bond acceptors (Lipinski definition) is 6. The summed E-state index contributed by atoms with van der Waals surface area (Å²) in [7, 11) is -3.97. The van der Waals surface area contributed by atoms with Crippen LogP contribution in [0.4, 0.5) is 11.9 Å². The number of fused-ring (bicyclic) bond motifs is 2. The van der Waals surface area contributed by atoms with E-state index < -0.39 is 10.0 Å². The third-order valence-electron chi connectivity index (χ3n) is 6.48. The molecule has 0 radical (unpaired) electrons. The van der Waals surface area contributed by atoms with E-state index in [9.17, 15) is 8.42 Å². The lowest BCUT2D eigenvalue weighted by atomic mass is 10.0. The van der Waals surface area contributed by atoms with Gasteiger partial charge in [0.1, 0.15) is 0 Å². The fraction of sp³-hybridized carbons (Fsp3) is 0.0667. The summed E-state index contributed by atoms with van der Waals surface area (Å²) in [5, 5.41) is 15.3. The zero-order valence-corrected chi connectivity index (χ0v) is 21.3. The van der Waals surface area contributed by atoms with Gasteiger partial charge in [-0.1, -0.05) is 103 Å². The van der Waals surface area contributed by atoms with Crippen LogP contribution in [0.15, 0.2) is 120 Å². The summed E-state index contributed by atoms with van der Waals surface area (Å²) in [4.78, 5) is 4.68. The van der Waals surface area contributed by atoms with Crippen molar-refractivity contribution in [1.29, 1.82) is 0 Å². The second kappa shape index (κ2) is 9.99. The molecule has 0 bridgehead atoms. The second-order valence-electron chi connectivity index (χ2n) is 8.90. The van der Waals surface area contributed by atoms with Crippen LogP contribution in [0.25, 0.3) is 21.5 Å². The number of aromatic nitrogens is 3. The lowest BCUT2D eigenvalue weighted by molar-refractivity contribution is 0.580. The molecule has 6 rings (SSSR count). The highest BCUT2D eigenvalue weighted by Gasteiger charge is 2.24. The average molecular weight is 520 g/mol. The second-order valence-corrected chi connectivity index (χ2v) is 10.7. The Balaban J connectivity index is 1.33. The molecule has 0 spiro atoms. The molecule has 2 N–H and O–H groups in total. The van der Waals surface area contributed by atoms with Crippen molar-refractivity contribution in [3.8, 4) is 0 Å². The minimum atomic E-state index is -3.97. The number of benzene rings is 5. The molecule has 0 aliphatic heterocycles. The highest BCUT2D eigenvalue weighted by atomic mass is 32.2. The summed E-state index contributed by atoms with van der Waals surface area (Å²) >= 11 is 0. The van der Waals surface area contributed by atoms with Gasteiger partial charge in [0.2, 0.25) is 11.9 Å². The molecule has 0 amide bonds. The SMILES string of the molecule is O=S(=O)(c1ccccc1)n1nc(NCc2cccc3ccccc23)nc1NCc1cccc2ccccc12. The number of anilines is 2. The first kappa shape index (κ1) is 23.7. The Hall–Kier alpha value is -4.69. The Kier molecular flexibility index (Phi) is 6.23. The Bertz CT molecular complexity index is 1840. The molecule has 0 fully saturated rings.